The summed E-state index contributed by atoms with van der Waals surface area (Å²) < 4.78 is 5.81. The number of carbonyl (C=O) groups excluding carboxylic acids is 1. The number of ether oxygens (including phenoxy) is 1. The summed E-state index contributed by atoms with van der Waals surface area (Å²) in [7, 11) is 0. The average molecular weight is 284 g/mol. The Bertz CT molecular complexity index is 781. The highest BCUT2D eigenvalue weighted by atomic mass is 35.5. The van der Waals surface area contributed by atoms with E-state index in [9.17, 15) is 4.79 Å². The first kappa shape index (κ1) is 12.6. The van der Waals surface area contributed by atoms with Crippen molar-refractivity contribution in [2.75, 3.05) is 0 Å². The van der Waals surface area contributed by atoms with Gasteiger partial charge in [-0.05, 0) is 30.3 Å². The van der Waals surface area contributed by atoms with Crippen molar-refractivity contribution in [2.24, 2.45) is 0 Å². The Morgan fingerprint density at radius 3 is 2.70 bits per heavy atom. The molecule has 0 N–H and O–H groups in total. The first-order chi connectivity index (χ1) is 9.78. The van der Waals surface area contributed by atoms with Gasteiger partial charge in [-0.1, -0.05) is 29.8 Å². The van der Waals surface area contributed by atoms with E-state index < -0.39 is 0 Å². The summed E-state index contributed by atoms with van der Waals surface area (Å²) in [5, 5.41) is 1.38. The van der Waals surface area contributed by atoms with Crippen molar-refractivity contribution in [1.29, 1.82) is 0 Å². The molecule has 3 aromatic rings. The Hall–Kier alpha value is -2.39. The van der Waals surface area contributed by atoms with Crippen LogP contribution in [0.5, 0.6) is 11.5 Å². The van der Waals surface area contributed by atoms with Crippen LogP contribution in [0.1, 0.15) is 10.4 Å². The van der Waals surface area contributed by atoms with Crippen molar-refractivity contribution in [1.82, 2.24) is 4.98 Å². The zero-order chi connectivity index (χ0) is 13.9. The molecule has 0 fully saturated rings. The predicted octanol–water partition coefficient (Wildman–Crippen LogP) is 4.49. The molecular weight excluding hydrogens is 274 g/mol. The number of pyridine rings is 1. The van der Waals surface area contributed by atoms with Gasteiger partial charge in [-0.25, -0.2) is 0 Å². The molecule has 3 nitrogen and oxygen atoms in total. The second-order valence-corrected chi connectivity index (χ2v) is 4.65. The van der Waals surface area contributed by atoms with Gasteiger partial charge in [0.25, 0.3) is 0 Å². The highest BCUT2D eigenvalue weighted by molar-refractivity contribution is 6.32. The smallest absolute Gasteiger partial charge is 0.153 e. The number of nitrogens with zero attached hydrogens (tertiary/aromatic N) is 1. The molecule has 2 aromatic carbocycles. The number of para-hydroxylation sites is 1. The molecular formula is C16H10ClNO2. The van der Waals surface area contributed by atoms with Crippen LogP contribution in [0.15, 0.2) is 54.7 Å². The third-order valence-electron chi connectivity index (χ3n) is 2.91. The second kappa shape index (κ2) is 5.31. The van der Waals surface area contributed by atoms with E-state index in [-0.39, 0.29) is 0 Å². The summed E-state index contributed by atoms with van der Waals surface area (Å²) >= 11 is 6.10. The van der Waals surface area contributed by atoms with Crippen molar-refractivity contribution in [3.05, 3.63) is 65.3 Å². The molecule has 20 heavy (non-hydrogen) atoms. The molecule has 0 aliphatic rings. The third kappa shape index (κ3) is 2.36. The lowest BCUT2D eigenvalue weighted by atomic mass is 10.2. The van der Waals surface area contributed by atoms with Crippen molar-refractivity contribution in [3.8, 4) is 11.5 Å². The lowest BCUT2D eigenvalue weighted by Crippen LogP contribution is -1.89. The number of hydrogen-bond donors (Lipinski definition) is 0. The zero-order valence-corrected chi connectivity index (χ0v) is 11.2. The Morgan fingerprint density at radius 1 is 1.05 bits per heavy atom. The van der Waals surface area contributed by atoms with E-state index in [1.165, 1.54) is 0 Å². The van der Waals surface area contributed by atoms with Gasteiger partial charge < -0.3 is 4.74 Å². The molecule has 0 spiro atoms. The van der Waals surface area contributed by atoms with Gasteiger partial charge in [0.05, 0.1) is 5.02 Å². The molecule has 98 valence electrons. The van der Waals surface area contributed by atoms with Crippen molar-refractivity contribution in [2.45, 2.75) is 0 Å². The number of aldehydes is 1. The summed E-state index contributed by atoms with van der Waals surface area (Å²) in [4.78, 5) is 15.0. The van der Waals surface area contributed by atoms with Crippen LogP contribution in [0.4, 0.5) is 0 Å². The van der Waals surface area contributed by atoms with Gasteiger partial charge in [0.1, 0.15) is 17.6 Å². The minimum Gasteiger partial charge on any atom is -0.454 e. The number of hydrogen-bond acceptors (Lipinski definition) is 3. The van der Waals surface area contributed by atoms with Gasteiger partial charge in [-0.2, -0.15) is 0 Å². The largest absolute Gasteiger partial charge is 0.454 e. The molecule has 0 aliphatic heterocycles. The zero-order valence-electron chi connectivity index (χ0n) is 10.4. The molecule has 1 aromatic heterocycles. The Morgan fingerprint density at radius 2 is 1.90 bits per heavy atom. The quantitative estimate of drug-likeness (QED) is 0.665. The fraction of sp³-hybridized carbons (Fsp3) is 0. The SMILES string of the molecule is O=Cc1ccc(Oc2cccc3cccnc23)c(Cl)c1. The second-order valence-electron chi connectivity index (χ2n) is 4.24. The van der Waals surface area contributed by atoms with Gasteiger partial charge in [0.15, 0.2) is 5.75 Å². The highest BCUT2D eigenvalue weighted by Gasteiger charge is 2.07. The predicted molar refractivity (Wildman–Crippen MR) is 78.7 cm³/mol. The molecule has 0 amide bonds. The van der Waals surface area contributed by atoms with Crippen molar-refractivity contribution in [3.63, 3.8) is 0 Å². The van der Waals surface area contributed by atoms with Crippen LogP contribution in [0.2, 0.25) is 5.02 Å². The Kier molecular flexibility index (Phi) is 3.35. The minimum atomic E-state index is 0.391. The van der Waals surface area contributed by atoms with E-state index in [4.69, 9.17) is 16.3 Å². The summed E-state index contributed by atoms with van der Waals surface area (Å²) in [6, 6.07) is 14.4. The number of carbonyl (C=O) groups is 1. The minimum absolute atomic E-state index is 0.391. The normalized spacial score (nSPS) is 10.4. The average Bonchev–Trinajstić information content (AvgIpc) is 2.49. The molecule has 0 unspecified atom stereocenters. The molecule has 4 heteroatoms. The molecule has 0 saturated heterocycles. The third-order valence-corrected chi connectivity index (χ3v) is 3.20. The van der Waals surface area contributed by atoms with Crippen LogP contribution < -0.4 is 4.74 Å². The van der Waals surface area contributed by atoms with Crippen LogP contribution in [-0.4, -0.2) is 11.3 Å². The number of benzene rings is 2. The standard InChI is InChI=1S/C16H10ClNO2/c17-13-9-11(10-19)6-7-14(13)20-15-5-1-3-12-4-2-8-18-16(12)15/h1-10H. The van der Waals surface area contributed by atoms with E-state index in [1.54, 1.807) is 24.4 Å². The van der Waals surface area contributed by atoms with Crippen molar-refractivity contribution < 1.29 is 9.53 Å². The first-order valence-electron chi connectivity index (χ1n) is 6.04. The van der Waals surface area contributed by atoms with Crippen LogP contribution in [0.25, 0.3) is 10.9 Å². The molecule has 0 radical (unpaired) electrons. The summed E-state index contributed by atoms with van der Waals surface area (Å²) in [6.45, 7) is 0. The maximum Gasteiger partial charge on any atom is 0.153 e. The lowest BCUT2D eigenvalue weighted by Gasteiger charge is -2.09. The number of aromatic nitrogens is 1. The maximum atomic E-state index is 10.7. The molecule has 3 rings (SSSR count). The monoisotopic (exact) mass is 283 g/mol. The molecule has 1 heterocycles. The topological polar surface area (TPSA) is 39.2 Å². The van der Waals surface area contributed by atoms with Crippen LogP contribution >= 0.6 is 11.6 Å². The van der Waals surface area contributed by atoms with Gasteiger partial charge in [0.2, 0.25) is 0 Å². The Balaban J connectivity index is 2.03. The van der Waals surface area contributed by atoms with E-state index >= 15 is 0 Å². The fourth-order valence-corrected chi connectivity index (χ4v) is 2.18. The van der Waals surface area contributed by atoms with Crippen LogP contribution in [-0.2, 0) is 0 Å². The van der Waals surface area contributed by atoms with Crippen molar-refractivity contribution >= 4 is 28.8 Å². The fourth-order valence-electron chi connectivity index (χ4n) is 1.95. The number of halogens is 1. The maximum absolute atomic E-state index is 10.7. The summed E-state index contributed by atoms with van der Waals surface area (Å²) in [6.07, 6.45) is 2.46. The van der Waals surface area contributed by atoms with Crippen LogP contribution in [0.3, 0.4) is 0 Å². The van der Waals surface area contributed by atoms with Gasteiger partial charge in [-0.3, -0.25) is 9.78 Å². The molecule has 0 aliphatic carbocycles. The van der Waals surface area contributed by atoms with Gasteiger partial charge in [0, 0.05) is 17.1 Å². The van der Waals surface area contributed by atoms with E-state index in [0.29, 0.717) is 22.1 Å². The van der Waals surface area contributed by atoms with E-state index in [1.807, 2.05) is 30.3 Å². The Labute approximate surface area is 120 Å². The van der Waals surface area contributed by atoms with E-state index in [2.05, 4.69) is 4.98 Å². The van der Waals surface area contributed by atoms with Gasteiger partial charge >= 0.3 is 0 Å². The number of rotatable bonds is 3. The summed E-state index contributed by atoms with van der Waals surface area (Å²) in [5.41, 5.74) is 1.28. The highest BCUT2D eigenvalue weighted by Crippen LogP contribution is 2.33. The van der Waals surface area contributed by atoms with E-state index in [0.717, 1.165) is 17.2 Å². The van der Waals surface area contributed by atoms with Crippen LogP contribution in [0, 0.1) is 0 Å². The lowest BCUT2D eigenvalue weighted by molar-refractivity contribution is 0.112. The molecule has 0 atom stereocenters. The molecule has 0 bridgehead atoms. The summed E-state index contributed by atoms with van der Waals surface area (Å²) in [5.74, 6) is 1.12. The first-order valence-corrected chi connectivity index (χ1v) is 6.42. The number of fused-ring (bicyclic) bond motifs is 1. The van der Waals surface area contributed by atoms with Gasteiger partial charge in [-0.15, -0.1) is 0 Å². The molecule has 0 saturated carbocycles.